The molecule has 2 aliphatic rings. The number of nitrogens with zero attached hydrogens (tertiary/aromatic N) is 4. The quantitative estimate of drug-likeness (QED) is 0.551. The maximum Gasteiger partial charge on any atom is 0.473 e. The third kappa shape index (κ3) is 3.95. The van der Waals surface area contributed by atoms with Gasteiger partial charge in [0, 0.05) is 21.2 Å². The molecule has 0 aliphatic carbocycles. The molecule has 2 amide bonds. The summed E-state index contributed by atoms with van der Waals surface area (Å²) in [6.07, 6.45) is 0. The van der Waals surface area contributed by atoms with E-state index in [1.54, 1.807) is 14.0 Å². The van der Waals surface area contributed by atoms with Crippen LogP contribution >= 0.6 is 31.3 Å². The molecule has 2 heterocycles. The number of hydrogen-bond donors (Lipinski definition) is 1. The minimum absolute atomic E-state index is 0.0834. The summed E-state index contributed by atoms with van der Waals surface area (Å²) >= 11 is 2.08. The number of rotatable bonds is 4. The van der Waals surface area contributed by atoms with Crippen LogP contribution in [0, 0.1) is 0 Å². The number of hydrogen-bond acceptors (Lipinski definition) is 9. The van der Waals surface area contributed by atoms with E-state index in [1.165, 1.54) is 23.7 Å². The van der Waals surface area contributed by atoms with E-state index in [0.717, 1.165) is 23.8 Å². The van der Waals surface area contributed by atoms with Crippen molar-refractivity contribution in [3.63, 3.8) is 0 Å². The normalized spacial score (nSPS) is 31.5. The first-order valence-electron chi connectivity index (χ1n) is 6.27. The van der Waals surface area contributed by atoms with Crippen molar-refractivity contribution in [2.45, 2.75) is 17.6 Å². The SMILES string of the molecule is COP(=O)(O)OC1SC(=NN=C2SC(C)C(=O)N2C)N(C)C1=O. The van der Waals surface area contributed by atoms with Crippen LogP contribution in [0.4, 0.5) is 0 Å². The van der Waals surface area contributed by atoms with Crippen LogP contribution < -0.4 is 0 Å². The standard InChI is InChI=1S/C10H15N4O6PS2/c1-5-6(15)13(2)9(22-5)11-12-10-14(3)7(16)8(23-10)20-21(17,18)19-4/h5,8H,1-4H3,(H,17,18). The number of likely N-dealkylation sites (N-methyl/N-ethyl adjacent to an activating group) is 1. The average Bonchev–Trinajstić information content (AvgIpc) is 2.90. The van der Waals surface area contributed by atoms with E-state index in [1.807, 2.05) is 0 Å². The molecule has 2 saturated heterocycles. The number of carbonyl (C=O) groups excluding carboxylic acids is 2. The summed E-state index contributed by atoms with van der Waals surface area (Å²) in [6.45, 7) is 1.76. The molecule has 128 valence electrons. The minimum atomic E-state index is -4.30. The molecule has 23 heavy (non-hydrogen) atoms. The first-order valence-corrected chi connectivity index (χ1v) is 9.53. The Labute approximate surface area is 140 Å². The Kier molecular flexibility index (Phi) is 5.54. The highest BCUT2D eigenvalue weighted by Gasteiger charge is 2.41. The van der Waals surface area contributed by atoms with Crippen molar-refractivity contribution < 1.29 is 28.1 Å². The van der Waals surface area contributed by atoms with Crippen LogP contribution in [0.1, 0.15) is 6.92 Å². The highest BCUT2D eigenvalue weighted by molar-refractivity contribution is 8.16. The predicted octanol–water partition coefficient (Wildman–Crippen LogP) is 0.502. The maximum absolute atomic E-state index is 12.0. The van der Waals surface area contributed by atoms with Crippen LogP contribution in [0.5, 0.6) is 0 Å². The van der Waals surface area contributed by atoms with Crippen molar-refractivity contribution in [1.29, 1.82) is 0 Å². The molecule has 0 bridgehead atoms. The molecule has 0 radical (unpaired) electrons. The topological polar surface area (TPSA) is 121 Å². The van der Waals surface area contributed by atoms with Crippen LogP contribution in [-0.2, 0) is 23.2 Å². The highest BCUT2D eigenvalue weighted by Crippen LogP contribution is 2.47. The van der Waals surface area contributed by atoms with E-state index >= 15 is 0 Å². The smallest absolute Gasteiger partial charge is 0.302 e. The van der Waals surface area contributed by atoms with Crippen molar-refractivity contribution in [3.05, 3.63) is 0 Å². The summed E-state index contributed by atoms with van der Waals surface area (Å²) in [6, 6.07) is 0. The minimum Gasteiger partial charge on any atom is -0.302 e. The third-order valence-electron chi connectivity index (χ3n) is 2.96. The van der Waals surface area contributed by atoms with Crippen LogP contribution in [-0.4, -0.2) is 68.7 Å². The lowest BCUT2D eigenvalue weighted by Gasteiger charge is -2.12. The number of amides is 2. The summed E-state index contributed by atoms with van der Waals surface area (Å²) in [5.41, 5.74) is -1.25. The van der Waals surface area contributed by atoms with E-state index < -0.39 is 19.2 Å². The molecule has 0 spiro atoms. The van der Waals surface area contributed by atoms with Crippen molar-refractivity contribution in [1.82, 2.24) is 9.80 Å². The molecule has 2 aliphatic heterocycles. The van der Waals surface area contributed by atoms with Gasteiger partial charge >= 0.3 is 7.82 Å². The average molecular weight is 382 g/mol. The summed E-state index contributed by atoms with van der Waals surface area (Å²) in [4.78, 5) is 35.5. The second-order valence-corrected chi connectivity index (χ2v) is 8.38. The van der Waals surface area contributed by atoms with Gasteiger partial charge in [0.25, 0.3) is 5.91 Å². The molecule has 2 rings (SSSR count). The van der Waals surface area contributed by atoms with Crippen LogP contribution in [0.2, 0.25) is 0 Å². The molecular weight excluding hydrogens is 367 g/mol. The molecule has 0 aromatic rings. The second kappa shape index (κ2) is 6.91. The second-order valence-electron chi connectivity index (χ2n) is 4.53. The van der Waals surface area contributed by atoms with Crippen molar-refractivity contribution in [3.8, 4) is 0 Å². The molecule has 3 unspecified atom stereocenters. The monoisotopic (exact) mass is 382 g/mol. The fourth-order valence-electron chi connectivity index (χ4n) is 1.63. The largest absolute Gasteiger partial charge is 0.473 e. The van der Waals surface area contributed by atoms with Gasteiger partial charge in [-0.05, 0) is 18.7 Å². The van der Waals surface area contributed by atoms with E-state index in [0.29, 0.717) is 5.17 Å². The van der Waals surface area contributed by atoms with Gasteiger partial charge in [-0.15, -0.1) is 10.2 Å². The fourth-order valence-corrected chi connectivity index (χ4v) is 4.24. The summed E-state index contributed by atoms with van der Waals surface area (Å²) in [7, 11) is -0.273. The maximum atomic E-state index is 12.0. The molecular formula is C10H15N4O6PS2. The van der Waals surface area contributed by atoms with Crippen molar-refractivity contribution in [2.75, 3.05) is 21.2 Å². The first kappa shape index (κ1) is 18.4. The molecule has 0 aromatic heterocycles. The number of phosphoric ester groups is 1. The number of amidine groups is 2. The lowest BCUT2D eigenvalue weighted by atomic mass is 10.4. The van der Waals surface area contributed by atoms with Gasteiger partial charge in [-0.1, -0.05) is 11.8 Å². The van der Waals surface area contributed by atoms with Crippen molar-refractivity contribution in [2.24, 2.45) is 10.2 Å². The summed E-state index contributed by atoms with van der Waals surface area (Å²) in [5.74, 6) is -0.642. The molecule has 0 aromatic carbocycles. The van der Waals surface area contributed by atoms with Crippen LogP contribution in [0.3, 0.4) is 0 Å². The zero-order valence-corrected chi connectivity index (χ0v) is 15.2. The number of carbonyl (C=O) groups is 2. The Morgan fingerprint density at radius 1 is 1.13 bits per heavy atom. The Morgan fingerprint density at radius 3 is 2.13 bits per heavy atom. The van der Waals surface area contributed by atoms with Gasteiger partial charge in [0.1, 0.15) is 0 Å². The van der Waals surface area contributed by atoms with Gasteiger partial charge in [-0.25, -0.2) is 4.57 Å². The molecule has 0 saturated carbocycles. The van der Waals surface area contributed by atoms with Gasteiger partial charge in [0.05, 0.1) is 5.25 Å². The number of thioether (sulfide) groups is 2. The van der Waals surface area contributed by atoms with E-state index in [9.17, 15) is 19.0 Å². The first-order chi connectivity index (χ1) is 10.7. The van der Waals surface area contributed by atoms with Crippen LogP contribution in [0.15, 0.2) is 10.2 Å². The van der Waals surface area contributed by atoms with Crippen LogP contribution in [0.25, 0.3) is 0 Å². The lowest BCUT2D eigenvalue weighted by Crippen LogP contribution is -2.29. The molecule has 1 N–H and O–H groups in total. The Balaban J connectivity index is 2.14. The Bertz CT molecular complexity index is 641. The highest BCUT2D eigenvalue weighted by atomic mass is 32.2. The van der Waals surface area contributed by atoms with Gasteiger partial charge in [0.2, 0.25) is 11.3 Å². The number of phosphoric acid groups is 1. The van der Waals surface area contributed by atoms with Crippen molar-refractivity contribution >= 4 is 53.5 Å². The van der Waals surface area contributed by atoms with Gasteiger partial charge in [-0.2, -0.15) is 0 Å². The molecule has 13 heteroatoms. The predicted molar refractivity (Wildman–Crippen MR) is 86.8 cm³/mol. The molecule has 10 nitrogen and oxygen atoms in total. The van der Waals surface area contributed by atoms with E-state index in [-0.39, 0.29) is 16.3 Å². The van der Waals surface area contributed by atoms with Gasteiger partial charge < -0.3 is 4.89 Å². The zero-order chi connectivity index (χ0) is 17.4. The summed E-state index contributed by atoms with van der Waals surface area (Å²) in [5, 5.41) is 8.24. The van der Waals surface area contributed by atoms with E-state index in [4.69, 9.17) is 4.52 Å². The lowest BCUT2D eigenvalue weighted by molar-refractivity contribution is -0.129. The summed E-state index contributed by atoms with van der Waals surface area (Å²) < 4.78 is 20.4. The van der Waals surface area contributed by atoms with Gasteiger partial charge in [0.15, 0.2) is 10.3 Å². The fraction of sp³-hybridized carbons (Fsp3) is 0.600. The van der Waals surface area contributed by atoms with E-state index in [2.05, 4.69) is 14.7 Å². The third-order valence-corrected chi connectivity index (χ3v) is 6.24. The zero-order valence-electron chi connectivity index (χ0n) is 12.7. The Hall–Kier alpha value is -0.910. The molecule has 2 fully saturated rings. The Morgan fingerprint density at radius 2 is 1.65 bits per heavy atom. The molecule has 3 atom stereocenters. The van der Waals surface area contributed by atoms with Gasteiger partial charge in [-0.3, -0.25) is 28.4 Å².